The van der Waals surface area contributed by atoms with Gasteiger partial charge in [-0.1, -0.05) is 0 Å². The maximum atomic E-state index is 11.8. The molecule has 1 heterocycles. The van der Waals surface area contributed by atoms with Crippen LogP contribution in [-0.2, 0) is 14.3 Å². The van der Waals surface area contributed by atoms with Crippen LogP contribution in [0.25, 0.3) is 0 Å². The van der Waals surface area contributed by atoms with Crippen LogP contribution in [0.1, 0.15) is 6.92 Å². The first-order valence-corrected chi connectivity index (χ1v) is 5.49. The van der Waals surface area contributed by atoms with Gasteiger partial charge in [0.15, 0.2) is 0 Å². The predicted molar refractivity (Wildman–Crippen MR) is 58.9 cm³/mol. The maximum Gasteiger partial charge on any atom is 0.253 e. The molecule has 16 heavy (non-hydrogen) atoms. The maximum absolute atomic E-state index is 11.8. The minimum atomic E-state index is -0.465. The molecule has 0 saturated carbocycles. The van der Waals surface area contributed by atoms with Crippen molar-refractivity contribution in [3.05, 3.63) is 0 Å². The fourth-order valence-electron chi connectivity index (χ4n) is 1.52. The standard InChI is InChI=1S/C10H19N3O3/c1-3-12-9(14)7-13(2)10(15)8-6-11-4-5-16-8/h8,11H,3-7H2,1-2H3,(H,12,14). The van der Waals surface area contributed by atoms with Gasteiger partial charge in [-0.05, 0) is 6.92 Å². The van der Waals surface area contributed by atoms with Gasteiger partial charge in [0, 0.05) is 26.7 Å². The van der Waals surface area contributed by atoms with E-state index in [9.17, 15) is 9.59 Å². The number of carbonyl (C=O) groups excluding carboxylic acids is 2. The molecule has 6 nitrogen and oxygen atoms in total. The van der Waals surface area contributed by atoms with E-state index in [0.29, 0.717) is 19.7 Å². The van der Waals surface area contributed by atoms with Crippen molar-refractivity contribution in [3.63, 3.8) is 0 Å². The fourth-order valence-corrected chi connectivity index (χ4v) is 1.52. The summed E-state index contributed by atoms with van der Waals surface area (Å²) in [7, 11) is 1.61. The zero-order valence-electron chi connectivity index (χ0n) is 9.78. The summed E-state index contributed by atoms with van der Waals surface area (Å²) in [5.74, 6) is -0.305. The van der Waals surface area contributed by atoms with Crippen molar-refractivity contribution in [1.29, 1.82) is 0 Å². The van der Waals surface area contributed by atoms with Gasteiger partial charge in [-0.3, -0.25) is 9.59 Å². The van der Waals surface area contributed by atoms with Gasteiger partial charge < -0.3 is 20.3 Å². The van der Waals surface area contributed by atoms with E-state index in [4.69, 9.17) is 4.74 Å². The van der Waals surface area contributed by atoms with Crippen molar-refractivity contribution in [3.8, 4) is 0 Å². The Morgan fingerprint density at radius 1 is 1.56 bits per heavy atom. The Labute approximate surface area is 95.3 Å². The van der Waals surface area contributed by atoms with Crippen molar-refractivity contribution in [2.75, 3.05) is 39.8 Å². The second kappa shape index (κ2) is 6.44. The first-order valence-electron chi connectivity index (χ1n) is 5.49. The van der Waals surface area contributed by atoms with Crippen LogP contribution in [0.2, 0.25) is 0 Å². The summed E-state index contributed by atoms with van der Waals surface area (Å²) in [6.07, 6.45) is -0.465. The number of morpholine rings is 1. The number of ether oxygens (including phenoxy) is 1. The van der Waals surface area contributed by atoms with Crippen molar-refractivity contribution in [1.82, 2.24) is 15.5 Å². The fraction of sp³-hybridized carbons (Fsp3) is 0.800. The van der Waals surface area contributed by atoms with Gasteiger partial charge in [-0.2, -0.15) is 0 Å². The quantitative estimate of drug-likeness (QED) is 0.620. The third-order valence-corrected chi connectivity index (χ3v) is 2.33. The third-order valence-electron chi connectivity index (χ3n) is 2.33. The first kappa shape index (κ1) is 12.9. The zero-order chi connectivity index (χ0) is 12.0. The number of likely N-dealkylation sites (N-methyl/N-ethyl adjacent to an activating group) is 2. The lowest BCUT2D eigenvalue weighted by Gasteiger charge is -2.26. The topological polar surface area (TPSA) is 70.7 Å². The molecular weight excluding hydrogens is 210 g/mol. The molecule has 0 aromatic rings. The molecule has 0 aliphatic carbocycles. The van der Waals surface area contributed by atoms with E-state index >= 15 is 0 Å². The minimum Gasteiger partial charge on any atom is -0.366 e. The Bertz CT molecular complexity index is 252. The number of hydrogen-bond acceptors (Lipinski definition) is 4. The van der Waals surface area contributed by atoms with E-state index in [1.54, 1.807) is 7.05 Å². The Balaban J connectivity index is 2.37. The molecule has 1 fully saturated rings. The highest BCUT2D eigenvalue weighted by Gasteiger charge is 2.25. The highest BCUT2D eigenvalue weighted by atomic mass is 16.5. The summed E-state index contributed by atoms with van der Waals surface area (Å²) in [6.45, 7) is 4.30. The molecule has 92 valence electrons. The number of rotatable bonds is 4. The van der Waals surface area contributed by atoms with Gasteiger partial charge in [0.05, 0.1) is 13.2 Å². The highest BCUT2D eigenvalue weighted by molar-refractivity contribution is 5.87. The van der Waals surface area contributed by atoms with Crippen LogP contribution in [0, 0.1) is 0 Å². The number of nitrogens with zero attached hydrogens (tertiary/aromatic N) is 1. The predicted octanol–water partition coefficient (Wildman–Crippen LogP) is -1.43. The second-order valence-corrected chi connectivity index (χ2v) is 3.71. The Morgan fingerprint density at radius 3 is 2.88 bits per heavy atom. The summed E-state index contributed by atoms with van der Waals surface area (Å²) in [4.78, 5) is 24.5. The molecule has 2 amide bonds. The lowest BCUT2D eigenvalue weighted by Crippen LogP contribution is -2.50. The van der Waals surface area contributed by atoms with Crippen LogP contribution in [-0.4, -0.2) is 62.7 Å². The average Bonchev–Trinajstić information content (AvgIpc) is 2.29. The molecule has 1 unspecified atom stereocenters. The molecule has 2 N–H and O–H groups in total. The number of hydrogen-bond donors (Lipinski definition) is 2. The average molecular weight is 229 g/mol. The van der Waals surface area contributed by atoms with Crippen LogP contribution in [0.4, 0.5) is 0 Å². The summed E-state index contributed by atoms with van der Waals surface area (Å²) in [5, 5.41) is 5.72. The van der Waals surface area contributed by atoms with Gasteiger partial charge in [-0.15, -0.1) is 0 Å². The normalized spacial score (nSPS) is 20.2. The molecule has 0 bridgehead atoms. The monoisotopic (exact) mass is 229 g/mol. The lowest BCUT2D eigenvalue weighted by atomic mass is 10.2. The Morgan fingerprint density at radius 2 is 2.31 bits per heavy atom. The van der Waals surface area contributed by atoms with E-state index < -0.39 is 6.10 Å². The van der Waals surface area contributed by atoms with Gasteiger partial charge in [0.1, 0.15) is 6.10 Å². The van der Waals surface area contributed by atoms with Gasteiger partial charge in [0.2, 0.25) is 5.91 Å². The molecule has 0 aromatic heterocycles. The highest BCUT2D eigenvalue weighted by Crippen LogP contribution is 2.00. The second-order valence-electron chi connectivity index (χ2n) is 3.71. The molecule has 1 aliphatic heterocycles. The van der Waals surface area contributed by atoms with Gasteiger partial charge in [-0.25, -0.2) is 0 Å². The number of nitrogens with one attached hydrogen (secondary N) is 2. The van der Waals surface area contributed by atoms with Crippen molar-refractivity contribution >= 4 is 11.8 Å². The first-order chi connectivity index (χ1) is 7.65. The smallest absolute Gasteiger partial charge is 0.253 e. The number of amides is 2. The summed E-state index contributed by atoms with van der Waals surface area (Å²) in [5.41, 5.74) is 0. The molecule has 0 aromatic carbocycles. The van der Waals surface area contributed by atoms with E-state index in [0.717, 1.165) is 6.54 Å². The van der Waals surface area contributed by atoms with Crippen LogP contribution in [0.15, 0.2) is 0 Å². The molecule has 1 saturated heterocycles. The molecule has 0 spiro atoms. The summed E-state index contributed by atoms with van der Waals surface area (Å²) < 4.78 is 5.32. The van der Waals surface area contributed by atoms with Crippen molar-refractivity contribution in [2.45, 2.75) is 13.0 Å². The molecule has 1 rings (SSSR count). The minimum absolute atomic E-state index is 0.0759. The largest absolute Gasteiger partial charge is 0.366 e. The molecule has 0 radical (unpaired) electrons. The van der Waals surface area contributed by atoms with E-state index in [-0.39, 0.29) is 18.4 Å². The molecular formula is C10H19N3O3. The van der Waals surface area contributed by atoms with Crippen LogP contribution < -0.4 is 10.6 Å². The number of carbonyl (C=O) groups is 2. The van der Waals surface area contributed by atoms with Crippen molar-refractivity contribution < 1.29 is 14.3 Å². The lowest BCUT2D eigenvalue weighted by molar-refractivity contribution is -0.146. The summed E-state index contributed by atoms with van der Waals surface area (Å²) >= 11 is 0. The van der Waals surface area contributed by atoms with E-state index in [1.807, 2.05) is 6.92 Å². The van der Waals surface area contributed by atoms with Gasteiger partial charge in [0.25, 0.3) is 5.91 Å². The SMILES string of the molecule is CCNC(=O)CN(C)C(=O)C1CNCCO1. The van der Waals surface area contributed by atoms with E-state index in [1.165, 1.54) is 4.90 Å². The Kier molecular flexibility index (Phi) is 5.21. The van der Waals surface area contributed by atoms with Crippen LogP contribution in [0.3, 0.4) is 0 Å². The molecule has 1 aliphatic rings. The zero-order valence-corrected chi connectivity index (χ0v) is 9.78. The third kappa shape index (κ3) is 3.79. The molecule has 6 heteroatoms. The van der Waals surface area contributed by atoms with E-state index in [2.05, 4.69) is 10.6 Å². The summed E-state index contributed by atoms with van der Waals surface area (Å²) in [6, 6.07) is 0. The molecule has 1 atom stereocenters. The van der Waals surface area contributed by atoms with Crippen LogP contribution >= 0.6 is 0 Å². The van der Waals surface area contributed by atoms with Crippen LogP contribution in [0.5, 0.6) is 0 Å². The van der Waals surface area contributed by atoms with Crippen molar-refractivity contribution in [2.24, 2.45) is 0 Å². The Hall–Kier alpha value is -1.14. The van der Waals surface area contributed by atoms with Gasteiger partial charge >= 0.3 is 0 Å².